The fraction of sp³-hybridized carbons (Fsp3) is 0.441. The summed E-state index contributed by atoms with van der Waals surface area (Å²) in [6.07, 6.45) is -4.07. The van der Waals surface area contributed by atoms with Gasteiger partial charge in [0.05, 0.1) is 11.0 Å². The highest BCUT2D eigenvalue weighted by Crippen LogP contribution is 2.68. The minimum Gasteiger partial charge on any atom is -0.504 e. The summed E-state index contributed by atoms with van der Waals surface area (Å²) in [5.41, 5.74) is -0.718. The molecule has 2 bridgehead atoms. The Morgan fingerprint density at radius 1 is 0.936 bits per heavy atom. The number of ether oxygens (including phenoxy) is 5. The number of rotatable bonds is 9. The molecule has 248 valence electrons. The molecule has 3 N–H and O–H groups in total. The average molecular weight is 651 g/mol. The maximum Gasteiger partial charge on any atom is 0.357 e. The Morgan fingerprint density at radius 3 is 2.23 bits per heavy atom. The van der Waals surface area contributed by atoms with E-state index in [0.29, 0.717) is 18.4 Å². The zero-order valence-corrected chi connectivity index (χ0v) is 25.8. The lowest BCUT2D eigenvalue weighted by molar-refractivity contribution is -0.195. The number of phenolic OH excluding ortho intramolecular Hbond substituents is 1. The van der Waals surface area contributed by atoms with Gasteiger partial charge >= 0.3 is 29.8 Å². The van der Waals surface area contributed by atoms with Gasteiger partial charge in [0.1, 0.15) is 5.76 Å². The fourth-order valence-corrected chi connectivity index (χ4v) is 7.89. The number of carbonyl (C=O) groups excluding carboxylic acids is 4. The molecule has 6 rings (SSSR count). The van der Waals surface area contributed by atoms with Crippen LogP contribution in [-0.4, -0.2) is 69.1 Å². The van der Waals surface area contributed by atoms with Crippen LogP contribution in [0.5, 0.6) is 11.5 Å². The minimum absolute atomic E-state index is 0.0591. The maximum atomic E-state index is 13.8. The van der Waals surface area contributed by atoms with Crippen molar-refractivity contribution in [1.29, 1.82) is 0 Å². The monoisotopic (exact) mass is 650 g/mol. The molecule has 2 aromatic carbocycles. The van der Waals surface area contributed by atoms with Crippen molar-refractivity contribution in [3.8, 4) is 11.5 Å². The van der Waals surface area contributed by atoms with Crippen molar-refractivity contribution in [2.45, 2.75) is 81.9 Å². The Balaban J connectivity index is 1.34. The number of hydrogen-bond donors (Lipinski definition) is 3. The number of phenols is 1. The standard InChI is InChI=1S/C34H34O13/c1-16-11-13-33-24-20-9-10-22(37)26(24)46-29(33)23(12-14-34(33,42)21(16)15-20)45-31(40)27(43-17(2)35)28(44-18(3)36)32(41)47-25(30(38)39)19-7-5-4-6-8-19/h4-10,12,16,21,25,27-29,37,42H,11,13-15H2,1-3H3,(H,38,39)/t16?,21-,25-,27+,28+,29-,33-,34+/m0/s1. The molecule has 0 amide bonds. The van der Waals surface area contributed by atoms with Gasteiger partial charge in [-0.15, -0.1) is 0 Å². The average Bonchev–Trinajstić information content (AvgIpc) is 3.38. The largest absolute Gasteiger partial charge is 0.504 e. The molecule has 4 aliphatic rings. The molecular formula is C34H34O13. The highest BCUT2D eigenvalue weighted by Gasteiger charge is 2.72. The summed E-state index contributed by atoms with van der Waals surface area (Å²) in [5.74, 6) is -6.49. The first kappa shape index (κ1) is 32.0. The number of aromatic hydroxyl groups is 1. The Kier molecular flexibility index (Phi) is 7.99. The molecular weight excluding hydrogens is 616 g/mol. The lowest BCUT2D eigenvalue weighted by Gasteiger charge is -2.61. The summed E-state index contributed by atoms with van der Waals surface area (Å²) >= 11 is 0. The van der Waals surface area contributed by atoms with Crippen LogP contribution >= 0.6 is 0 Å². The third-order valence-corrected chi connectivity index (χ3v) is 9.84. The van der Waals surface area contributed by atoms with E-state index in [1.54, 1.807) is 6.07 Å². The predicted octanol–water partition coefficient (Wildman–Crippen LogP) is 2.79. The molecule has 1 heterocycles. The number of carbonyl (C=O) groups is 5. The second kappa shape index (κ2) is 11.7. The van der Waals surface area contributed by atoms with Crippen molar-refractivity contribution >= 4 is 29.8 Å². The number of esters is 4. The summed E-state index contributed by atoms with van der Waals surface area (Å²) in [7, 11) is 0. The molecule has 1 fully saturated rings. The molecule has 0 aromatic heterocycles. The number of carboxylic acid groups (broad SMARTS) is 1. The van der Waals surface area contributed by atoms with E-state index in [-0.39, 0.29) is 41.1 Å². The van der Waals surface area contributed by atoms with Gasteiger partial charge in [0.15, 0.2) is 17.6 Å². The van der Waals surface area contributed by atoms with Crippen LogP contribution in [0, 0.1) is 11.8 Å². The number of aliphatic carboxylic acids is 1. The van der Waals surface area contributed by atoms with E-state index in [1.807, 2.05) is 6.07 Å². The van der Waals surface area contributed by atoms with Gasteiger partial charge in [-0.2, -0.15) is 0 Å². The van der Waals surface area contributed by atoms with E-state index in [4.69, 9.17) is 23.7 Å². The first-order chi connectivity index (χ1) is 22.3. The van der Waals surface area contributed by atoms with Crippen LogP contribution in [0.3, 0.4) is 0 Å². The van der Waals surface area contributed by atoms with Crippen LogP contribution in [-0.2, 0) is 54.8 Å². The second-order valence-electron chi connectivity index (χ2n) is 12.5. The zero-order valence-electron chi connectivity index (χ0n) is 25.8. The van der Waals surface area contributed by atoms with Crippen LogP contribution in [0.2, 0.25) is 0 Å². The SMILES string of the molecule is CC(=O)O[C@@H](C(=O)OC1=CC[C@@]2(O)[C@H]3Cc4ccc(O)c5c4[C@@]2(CCC3C)[C@H]1O5)[C@@H](OC(C)=O)C(=O)O[C@H](C(=O)O)c1ccccc1. The smallest absolute Gasteiger partial charge is 0.357 e. The fourth-order valence-electron chi connectivity index (χ4n) is 7.89. The molecule has 8 atom stereocenters. The van der Waals surface area contributed by atoms with Gasteiger partial charge in [-0.1, -0.05) is 43.3 Å². The number of carboxylic acids is 1. The first-order valence-electron chi connectivity index (χ1n) is 15.3. The number of hydrogen-bond acceptors (Lipinski definition) is 12. The van der Waals surface area contributed by atoms with Crippen LogP contribution in [0.25, 0.3) is 0 Å². The van der Waals surface area contributed by atoms with Crippen molar-refractivity contribution in [1.82, 2.24) is 0 Å². The van der Waals surface area contributed by atoms with Crippen LogP contribution in [0.1, 0.15) is 62.8 Å². The second-order valence-corrected chi connectivity index (χ2v) is 12.5. The quantitative estimate of drug-likeness (QED) is 0.265. The van der Waals surface area contributed by atoms with Crippen LogP contribution in [0.4, 0.5) is 0 Å². The molecule has 3 aliphatic carbocycles. The molecule has 13 heteroatoms. The van der Waals surface area contributed by atoms with Crippen LogP contribution < -0.4 is 4.74 Å². The van der Waals surface area contributed by atoms with Crippen LogP contribution in [0.15, 0.2) is 54.3 Å². The van der Waals surface area contributed by atoms with Gasteiger partial charge < -0.3 is 39.0 Å². The first-order valence-corrected chi connectivity index (χ1v) is 15.3. The van der Waals surface area contributed by atoms with Crippen molar-refractivity contribution in [3.63, 3.8) is 0 Å². The molecule has 1 spiro atoms. The van der Waals surface area contributed by atoms with E-state index in [9.17, 15) is 39.3 Å². The third kappa shape index (κ3) is 5.09. The molecule has 1 aliphatic heterocycles. The zero-order chi connectivity index (χ0) is 33.8. The third-order valence-electron chi connectivity index (χ3n) is 9.84. The molecule has 47 heavy (non-hydrogen) atoms. The Hall–Kier alpha value is -4.91. The van der Waals surface area contributed by atoms with E-state index < -0.39 is 65.3 Å². The maximum absolute atomic E-state index is 13.8. The van der Waals surface area contributed by atoms with E-state index in [0.717, 1.165) is 25.8 Å². The summed E-state index contributed by atoms with van der Waals surface area (Å²) in [5, 5.41) is 32.9. The summed E-state index contributed by atoms with van der Waals surface area (Å²) in [6.45, 7) is 3.96. The lowest BCUT2D eigenvalue weighted by atomic mass is 9.45. The molecule has 1 saturated carbocycles. The van der Waals surface area contributed by atoms with Crippen molar-refractivity contribution < 1.29 is 63.0 Å². The van der Waals surface area contributed by atoms with Gasteiger partial charge in [-0.05, 0) is 55.2 Å². The number of benzene rings is 2. The van der Waals surface area contributed by atoms with Gasteiger partial charge in [-0.3, -0.25) is 9.59 Å². The van der Waals surface area contributed by atoms with E-state index in [2.05, 4.69) is 6.92 Å². The Bertz CT molecular complexity index is 1680. The molecule has 2 aromatic rings. The Labute approximate surface area is 269 Å². The predicted molar refractivity (Wildman–Crippen MR) is 158 cm³/mol. The van der Waals surface area contributed by atoms with Gasteiger partial charge in [0, 0.05) is 25.0 Å². The van der Waals surface area contributed by atoms with Gasteiger partial charge in [-0.25, -0.2) is 14.4 Å². The van der Waals surface area contributed by atoms with E-state index >= 15 is 0 Å². The van der Waals surface area contributed by atoms with Gasteiger partial charge in [0.2, 0.25) is 18.3 Å². The minimum atomic E-state index is -2.25. The summed E-state index contributed by atoms with van der Waals surface area (Å²) < 4.78 is 27.5. The van der Waals surface area contributed by atoms with E-state index in [1.165, 1.54) is 36.4 Å². The lowest BCUT2D eigenvalue weighted by Crippen LogP contribution is -2.69. The topological polar surface area (TPSA) is 192 Å². The van der Waals surface area contributed by atoms with Crippen molar-refractivity contribution in [3.05, 3.63) is 71.0 Å². The molecule has 13 nitrogen and oxygen atoms in total. The van der Waals surface area contributed by atoms with Crippen molar-refractivity contribution in [2.24, 2.45) is 11.8 Å². The highest BCUT2D eigenvalue weighted by molar-refractivity contribution is 5.90. The van der Waals surface area contributed by atoms with Gasteiger partial charge in [0.25, 0.3) is 0 Å². The summed E-state index contributed by atoms with van der Waals surface area (Å²) in [4.78, 5) is 63.5. The molecule has 0 saturated heterocycles. The molecule has 1 unspecified atom stereocenters. The molecule has 0 radical (unpaired) electrons. The van der Waals surface area contributed by atoms with Crippen molar-refractivity contribution in [2.75, 3.05) is 0 Å². The Morgan fingerprint density at radius 2 is 1.60 bits per heavy atom. The highest BCUT2D eigenvalue weighted by atomic mass is 16.6. The number of aliphatic hydroxyl groups is 1. The summed E-state index contributed by atoms with van der Waals surface area (Å²) in [6, 6.07) is 10.8. The normalized spacial score (nSPS) is 28.3.